The molecule has 0 heterocycles. The number of carbonyl (C=O) groups is 1. The fourth-order valence-electron chi connectivity index (χ4n) is 0. The number of carbonyl (C=O) groups excluding carboxylic acids is 1. The maximum atomic E-state index is 9.01. The molecule has 3 nitrogen and oxygen atoms in total. The molecule has 0 aliphatic heterocycles. The Labute approximate surface area is 77.7 Å². The molecular formula is C2H2KNO2. The van der Waals surface area contributed by atoms with E-state index in [2.05, 4.69) is 0 Å². The molecule has 0 bridgehead atoms. The summed E-state index contributed by atoms with van der Waals surface area (Å²) in [4.78, 5) is 9.01. The van der Waals surface area contributed by atoms with Crippen molar-refractivity contribution in [2.45, 2.75) is 0 Å². The summed E-state index contributed by atoms with van der Waals surface area (Å²) in [5.41, 5.74) is 0. The molecule has 0 atom stereocenters. The second kappa shape index (κ2) is 5.78. The molecule has 0 spiro atoms. The van der Waals surface area contributed by atoms with Gasteiger partial charge in [0, 0.05) is 6.21 Å². The summed E-state index contributed by atoms with van der Waals surface area (Å²) in [6, 6.07) is 0. The van der Waals surface area contributed by atoms with Gasteiger partial charge in [-0.3, -0.25) is 0 Å². The van der Waals surface area contributed by atoms with Crippen LogP contribution in [0.5, 0.6) is 0 Å². The topological polar surface area (TPSA) is 64.0 Å². The van der Waals surface area contributed by atoms with E-state index in [1.807, 2.05) is 0 Å². The second-order valence-electron chi connectivity index (χ2n) is 0.463. The fraction of sp³-hybridized carbons (Fsp3) is 0. The SMILES string of the molecule is N=CC(=O)[O-].[K+]. The van der Waals surface area contributed by atoms with E-state index in [4.69, 9.17) is 15.3 Å². The van der Waals surface area contributed by atoms with Crippen LogP contribution in [-0.2, 0) is 4.79 Å². The largest absolute Gasteiger partial charge is 1.00 e. The first-order valence-corrected chi connectivity index (χ1v) is 0.986. The van der Waals surface area contributed by atoms with Crippen molar-refractivity contribution in [3.63, 3.8) is 0 Å². The van der Waals surface area contributed by atoms with Crippen molar-refractivity contribution < 1.29 is 61.3 Å². The Hall–Kier alpha value is 0.776. The summed E-state index contributed by atoms with van der Waals surface area (Å²) >= 11 is 0. The van der Waals surface area contributed by atoms with E-state index in [-0.39, 0.29) is 57.6 Å². The molecular weight excluding hydrogens is 109 g/mol. The molecule has 0 aliphatic carbocycles. The standard InChI is InChI=1S/C2H3NO2.K/c3-1-2(4)5;/h1,3H,(H,4,5);/q;+1/p-1. The Morgan fingerprint density at radius 1 is 1.83 bits per heavy atom. The number of hydrogen-bond acceptors (Lipinski definition) is 3. The summed E-state index contributed by atoms with van der Waals surface area (Å²) in [7, 11) is 0. The molecule has 0 aromatic rings. The van der Waals surface area contributed by atoms with Crippen LogP contribution in [0.1, 0.15) is 0 Å². The smallest absolute Gasteiger partial charge is 0.544 e. The molecule has 6 heavy (non-hydrogen) atoms. The predicted octanol–water partition coefficient (Wildman–Crippen LogP) is -4.61. The average Bonchev–Trinajstić information content (AvgIpc) is 1.38. The number of nitrogens with one attached hydrogen (secondary N) is 1. The van der Waals surface area contributed by atoms with Crippen molar-refractivity contribution in [2.24, 2.45) is 0 Å². The van der Waals surface area contributed by atoms with Crippen molar-refractivity contribution >= 4 is 12.2 Å². The maximum Gasteiger partial charge on any atom is 1.00 e. The van der Waals surface area contributed by atoms with Gasteiger partial charge in [0.15, 0.2) is 0 Å². The average molecular weight is 111 g/mol. The molecule has 0 saturated carbocycles. The number of carboxylic acids is 1. The summed E-state index contributed by atoms with van der Waals surface area (Å²) in [5.74, 6) is -1.45. The van der Waals surface area contributed by atoms with Crippen molar-refractivity contribution in [3.8, 4) is 0 Å². The Morgan fingerprint density at radius 2 is 2.00 bits per heavy atom. The van der Waals surface area contributed by atoms with Gasteiger partial charge in [0.25, 0.3) is 0 Å². The number of hydrogen-bond donors (Lipinski definition) is 1. The molecule has 0 aromatic heterocycles. The van der Waals surface area contributed by atoms with E-state index in [0.717, 1.165) is 0 Å². The van der Waals surface area contributed by atoms with E-state index < -0.39 is 5.97 Å². The monoisotopic (exact) mass is 111 g/mol. The maximum absolute atomic E-state index is 9.01. The first-order chi connectivity index (χ1) is 2.27. The van der Waals surface area contributed by atoms with Gasteiger partial charge < -0.3 is 15.3 Å². The van der Waals surface area contributed by atoms with Crippen molar-refractivity contribution in [1.29, 1.82) is 5.41 Å². The summed E-state index contributed by atoms with van der Waals surface area (Å²) < 4.78 is 0. The van der Waals surface area contributed by atoms with Crippen LogP contribution in [0.4, 0.5) is 0 Å². The van der Waals surface area contributed by atoms with Crippen LogP contribution < -0.4 is 56.5 Å². The van der Waals surface area contributed by atoms with Gasteiger partial charge in [-0.2, -0.15) is 0 Å². The van der Waals surface area contributed by atoms with Crippen LogP contribution in [-0.4, -0.2) is 12.2 Å². The molecule has 0 aromatic carbocycles. The Bertz CT molecular complexity index is 62.6. The van der Waals surface area contributed by atoms with Crippen LogP contribution in [0.25, 0.3) is 0 Å². The third-order valence-corrected chi connectivity index (χ3v) is 0.118. The molecule has 1 N–H and O–H groups in total. The molecule has 0 rings (SSSR count). The molecule has 0 aliphatic rings. The van der Waals surface area contributed by atoms with Gasteiger partial charge in [-0.05, 0) is 0 Å². The van der Waals surface area contributed by atoms with Crippen molar-refractivity contribution in [3.05, 3.63) is 0 Å². The minimum atomic E-state index is -1.45. The summed E-state index contributed by atoms with van der Waals surface area (Å²) in [6.45, 7) is 0. The molecule has 0 radical (unpaired) electrons. The van der Waals surface area contributed by atoms with Gasteiger partial charge in [-0.1, -0.05) is 0 Å². The number of carboxylic acid groups (broad SMARTS) is 1. The summed E-state index contributed by atoms with van der Waals surface area (Å²) in [6.07, 6.45) is 0.222. The fourth-order valence-corrected chi connectivity index (χ4v) is 0. The second-order valence-corrected chi connectivity index (χ2v) is 0.463. The van der Waals surface area contributed by atoms with Crippen molar-refractivity contribution in [1.82, 2.24) is 0 Å². The zero-order valence-electron chi connectivity index (χ0n) is 3.39. The quantitative estimate of drug-likeness (QED) is 0.273. The van der Waals surface area contributed by atoms with Gasteiger partial charge in [0.1, 0.15) is 0 Å². The van der Waals surface area contributed by atoms with E-state index in [9.17, 15) is 0 Å². The normalized spacial score (nSPS) is 5.33. The summed E-state index contributed by atoms with van der Waals surface area (Å²) in [5, 5.41) is 14.9. The van der Waals surface area contributed by atoms with Crippen LogP contribution in [0, 0.1) is 5.41 Å². The van der Waals surface area contributed by atoms with Crippen LogP contribution >= 0.6 is 0 Å². The predicted molar refractivity (Wildman–Crippen MR) is 13.8 cm³/mol. The molecule has 0 saturated heterocycles. The molecule has 4 heteroatoms. The Morgan fingerprint density at radius 3 is 2.00 bits per heavy atom. The van der Waals surface area contributed by atoms with Gasteiger partial charge in [-0.25, -0.2) is 0 Å². The Kier molecular flexibility index (Phi) is 9.54. The van der Waals surface area contributed by atoms with E-state index in [0.29, 0.717) is 0 Å². The molecule has 0 fully saturated rings. The van der Waals surface area contributed by atoms with Crippen molar-refractivity contribution in [2.75, 3.05) is 0 Å². The minimum absolute atomic E-state index is 0. The minimum Gasteiger partial charge on any atom is -0.544 e. The first-order valence-electron chi connectivity index (χ1n) is 0.986. The number of aliphatic carboxylic acids is 1. The van der Waals surface area contributed by atoms with Gasteiger partial charge in [0.05, 0.1) is 5.97 Å². The van der Waals surface area contributed by atoms with Gasteiger partial charge in [0.2, 0.25) is 0 Å². The number of rotatable bonds is 1. The molecule has 28 valence electrons. The van der Waals surface area contributed by atoms with E-state index >= 15 is 0 Å². The molecule has 0 unspecified atom stereocenters. The van der Waals surface area contributed by atoms with E-state index in [1.165, 1.54) is 0 Å². The Balaban J connectivity index is 0. The van der Waals surface area contributed by atoms with Gasteiger partial charge >= 0.3 is 51.4 Å². The third kappa shape index (κ3) is 8.84. The zero-order chi connectivity index (χ0) is 4.28. The van der Waals surface area contributed by atoms with E-state index in [1.54, 1.807) is 0 Å². The van der Waals surface area contributed by atoms with Gasteiger partial charge in [-0.15, -0.1) is 0 Å². The van der Waals surface area contributed by atoms with Crippen LogP contribution in [0.2, 0.25) is 0 Å². The zero-order valence-corrected chi connectivity index (χ0v) is 6.52. The van der Waals surface area contributed by atoms with Crippen LogP contribution in [0.3, 0.4) is 0 Å². The first kappa shape index (κ1) is 9.91. The molecule has 0 amide bonds. The third-order valence-electron chi connectivity index (χ3n) is 0.118. The van der Waals surface area contributed by atoms with Crippen LogP contribution in [0.15, 0.2) is 0 Å².